The fraction of sp³-hybridized carbons (Fsp3) is 0. The van der Waals surface area contributed by atoms with E-state index in [1.165, 1.54) is 0 Å². The summed E-state index contributed by atoms with van der Waals surface area (Å²) in [5.74, 6) is 5.97. The van der Waals surface area contributed by atoms with Crippen LogP contribution in [-0.4, -0.2) is 17.5 Å². The summed E-state index contributed by atoms with van der Waals surface area (Å²) in [5, 5.41) is 1.58. The minimum Gasteiger partial charge on any atom is -0.397 e. The molecule has 0 heterocycles. The van der Waals surface area contributed by atoms with Crippen LogP contribution in [0.1, 0.15) is 0 Å². The van der Waals surface area contributed by atoms with Crippen molar-refractivity contribution in [1.29, 1.82) is 0 Å². The number of hydrogen-bond donors (Lipinski definition) is 4. The summed E-state index contributed by atoms with van der Waals surface area (Å²) in [6.07, 6.45) is 0. The molecule has 0 radical (unpaired) electrons. The van der Waals surface area contributed by atoms with Gasteiger partial charge in [0.1, 0.15) is 0 Å². The van der Waals surface area contributed by atoms with Crippen molar-refractivity contribution in [3.63, 3.8) is 0 Å². The van der Waals surface area contributed by atoms with Crippen LogP contribution in [0.25, 0.3) is 0 Å². The fourth-order valence-electron chi connectivity index (χ4n) is 1.43. The third kappa shape index (κ3) is 5.67. The molecule has 0 unspecified atom stereocenters. The Bertz CT molecular complexity index is 639. The van der Waals surface area contributed by atoms with Crippen molar-refractivity contribution in [3.05, 3.63) is 54.6 Å². The van der Waals surface area contributed by atoms with Crippen molar-refractivity contribution in [2.45, 2.75) is 0 Å². The lowest BCUT2D eigenvalue weighted by Gasteiger charge is -2.20. The second kappa shape index (κ2) is 6.87. The van der Waals surface area contributed by atoms with Crippen LogP contribution < -0.4 is 16.6 Å². The smallest absolute Gasteiger partial charge is 0.394 e. The van der Waals surface area contributed by atoms with Crippen molar-refractivity contribution >= 4 is 27.5 Å². The molecule has 0 aromatic heterocycles. The van der Waals surface area contributed by atoms with Crippen molar-refractivity contribution in [3.8, 4) is 0 Å². The Morgan fingerprint density at radius 2 is 1.35 bits per heavy atom. The molecule has 0 spiro atoms. The molecule has 0 amide bonds. The van der Waals surface area contributed by atoms with E-state index in [1.54, 1.807) is 5.01 Å². The van der Waals surface area contributed by atoms with E-state index in [1.807, 2.05) is 54.6 Å². The van der Waals surface area contributed by atoms with Crippen LogP contribution in [-0.2, 0) is 10.4 Å². The number of hydrazine groups is 1. The van der Waals surface area contributed by atoms with E-state index in [9.17, 15) is 0 Å². The average Bonchev–Trinajstić information content (AvgIpc) is 2.38. The van der Waals surface area contributed by atoms with Crippen LogP contribution in [0, 0.1) is 0 Å². The second-order valence-electron chi connectivity index (χ2n) is 3.71. The first-order chi connectivity index (χ1) is 9.29. The van der Waals surface area contributed by atoms with Gasteiger partial charge in [-0.25, -0.2) is 5.84 Å². The molecule has 0 fully saturated rings. The average molecular weight is 297 g/mol. The maximum atomic E-state index is 8.74. The predicted octanol–water partition coefficient (Wildman–Crippen LogP) is 1.63. The van der Waals surface area contributed by atoms with E-state index in [0.717, 1.165) is 11.4 Å². The SMILES string of the molecule is Nc1ccccc1N(N)c1ccccc1.O=S(=O)(O)O. The van der Waals surface area contributed by atoms with Crippen LogP contribution in [0.15, 0.2) is 54.6 Å². The van der Waals surface area contributed by atoms with Gasteiger partial charge in [0.15, 0.2) is 0 Å². The molecule has 0 aliphatic rings. The van der Waals surface area contributed by atoms with Gasteiger partial charge in [0.05, 0.1) is 17.1 Å². The summed E-state index contributed by atoms with van der Waals surface area (Å²) in [7, 11) is -4.67. The van der Waals surface area contributed by atoms with Gasteiger partial charge in [-0.3, -0.25) is 14.1 Å². The molecule has 108 valence electrons. The topological polar surface area (TPSA) is 130 Å². The first-order valence-electron chi connectivity index (χ1n) is 5.43. The number of rotatable bonds is 2. The molecule has 2 aromatic rings. The van der Waals surface area contributed by atoms with Crippen molar-refractivity contribution in [2.75, 3.05) is 10.7 Å². The van der Waals surface area contributed by atoms with E-state index >= 15 is 0 Å². The quantitative estimate of drug-likeness (QED) is 0.287. The highest BCUT2D eigenvalue weighted by atomic mass is 32.3. The van der Waals surface area contributed by atoms with Crippen LogP contribution in [0.2, 0.25) is 0 Å². The third-order valence-electron chi connectivity index (χ3n) is 2.23. The highest BCUT2D eigenvalue weighted by Crippen LogP contribution is 2.26. The normalized spacial score (nSPS) is 10.3. The number of nitrogens with two attached hydrogens (primary N) is 2. The zero-order chi connectivity index (χ0) is 15.2. The summed E-state index contributed by atoms with van der Waals surface area (Å²) in [5.41, 5.74) is 8.23. The molecule has 2 rings (SSSR count). The molecule has 0 saturated heterocycles. The lowest BCUT2D eigenvalue weighted by Crippen LogP contribution is -2.25. The van der Waals surface area contributed by atoms with Crippen molar-refractivity contribution < 1.29 is 17.5 Å². The summed E-state index contributed by atoms with van der Waals surface area (Å²) < 4.78 is 31.6. The van der Waals surface area contributed by atoms with Crippen LogP contribution in [0.3, 0.4) is 0 Å². The molecule has 0 atom stereocenters. The first kappa shape index (κ1) is 15.9. The fourth-order valence-corrected chi connectivity index (χ4v) is 1.43. The number of nitrogens with zero attached hydrogens (tertiary/aromatic N) is 1. The van der Waals surface area contributed by atoms with Crippen molar-refractivity contribution in [1.82, 2.24) is 0 Å². The van der Waals surface area contributed by atoms with Gasteiger partial charge in [-0.2, -0.15) is 8.42 Å². The van der Waals surface area contributed by atoms with Gasteiger partial charge in [0.2, 0.25) is 0 Å². The van der Waals surface area contributed by atoms with E-state index in [0.29, 0.717) is 5.69 Å². The number of anilines is 3. The van der Waals surface area contributed by atoms with Gasteiger partial charge in [-0.05, 0) is 24.3 Å². The summed E-state index contributed by atoms with van der Waals surface area (Å²) in [6, 6.07) is 17.2. The molecule has 6 N–H and O–H groups in total. The molecule has 7 nitrogen and oxygen atoms in total. The van der Waals surface area contributed by atoms with E-state index in [2.05, 4.69) is 0 Å². The van der Waals surface area contributed by atoms with Gasteiger partial charge < -0.3 is 5.73 Å². The molecule has 8 heteroatoms. The lowest BCUT2D eigenvalue weighted by atomic mass is 10.2. The van der Waals surface area contributed by atoms with Gasteiger partial charge in [-0.15, -0.1) is 0 Å². The molecule has 0 aliphatic carbocycles. The standard InChI is InChI=1S/C12H13N3.H2O4S/c13-11-8-4-5-9-12(11)15(14)10-6-2-1-3-7-10;1-5(2,3)4/h1-9H,13-14H2;(H2,1,2,3,4). The Kier molecular flexibility index (Phi) is 5.47. The summed E-state index contributed by atoms with van der Waals surface area (Å²) in [6.45, 7) is 0. The Hall–Kier alpha value is -2.13. The van der Waals surface area contributed by atoms with Gasteiger partial charge in [0, 0.05) is 0 Å². The monoisotopic (exact) mass is 297 g/mol. The summed E-state index contributed by atoms with van der Waals surface area (Å²) >= 11 is 0. The van der Waals surface area contributed by atoms with E-state index in [4.69, 9.17) is 29.1 Å². The lowest BCUT2D eigenvalue weighted by molar-refractivity contribution is 0.381. The van der Waals surface area contributed by atoms with Gasteiger partial charge in [-0.1, -0.05) is 30.3 Å². The number of nitrogen functional groups attached to an aromatic ring is 1. The highest BCUT2D eigenvalue weighted by Gasteiger charge is 2.06. The van der Waals surface area contributed by atoms with E-state index < -0.39 is 10.4 Å². The largest absolute Gasteiger partial charge is 0.397 e. The highest BCUT2D eigenvalue weighted by molar-refractivity contribution is 7.79. The maximum Gasteiger partial charge on any atom is 0.394 e. The number of hydrogen-bond acceptors (Lipinski definition) is 5. The predicted molar refractivity (Wildman–Crippen MR) is 77.8 cm³/mol. The van der Waals surface area contributed by atoms with Crippen LogP contribution in [0.4, 0.5) is 17.1 Å². The zero-order valence-corrected chi connectivity index (χ0v) is 11.2. The van der Waals surface area contributed by atoms with E-state index in [-0.39, 0.29) is 0 Å². The Balaban J connectivity index is 0.000000347. The number of benzene rings is 2. The molecule has 0 saturated carbocycles. The van der Waals surface area contributed by atoms with Crippen LogP contribution >= 0.6 is 0 Å². The Morgan fingerprint density at radius 1 is 0.900 bits per heavy atom. The Labute approximate surface area is 117 Å². The molecule has 0 bridgehead atoms. The number of para-hydroxylation sites is 3. The molecule has 2 aromatic carbocycles. The van der Waals surface area contributed by atoms with Crippen molar-refractivity contribution in [2.24, 2.45) is 5.84 Å². The molecular formula is C12H15N3O4S. The third-order valence-corrected chi connectivity index (χ3v) is 2.23. The maximum absolute atomic E-state index is 8.74. The minimum atomic E-state index is -4.67. The first-order valence-corrected chi connectivity index (χ1v) is 6.83. The molecule has 20 heavy (non-hydrogen) atoms. The van der Waals surface area contributed by atoms with Gasteiger partial charge >= 0.3 is 10.4 Å². The second-order valence-corrected chi connectivity index (χ2v) is 4.61. The van der Waals surface area contributed by atoms with Crippen LogP contribution in [0.5, 0.6) is 0 Å². The molecule has 0 aliphatic heterocycles. The Morgan fingerprint density at radius 3 is 1.85 bits per heavy atom. The molecular weight excluding hydrogens is 282 g/mol. The minimum absolute atomic E-state index is 0.670. The zero-order valence-electron chi connectivity index (χ0n) is 10.4. The summed E-state index contributed by atoms with van der Waals surface area (Å²) in [4.78, 5) is 0. The van der Waals surface area contributed by atoms with Gasteiger partial charge in [0.25, 0.3) is 0 Å².